The molecule has 4 aromatic carbocycles. The van der Waals surface area contributed by atoms with Crippen molar-refractivity contribution >= 4 is 17.7 Å². The normalized spacial score (nSPS) is 16.4. The van der Waals surface area contributed by atoms with Crippen molar-refractivity contribution < 1.29 is 19.7 Å². The zero-order valence-corrected chi connectivity index (χ0v) is 32.4. The standard InChI is InChI=1S/C25H28N4O3.C20H20N4O/c1-25(2,3)32-24(31)29-14-13-18(16-29)27-23-20(17-9-5-4-6-10-17)15-26-22(28-23)19-11-7-8-12-21(19)30;25-18-9-5-4-8-16(18)19-22-13-17(14-6-2-1-3-7-14)20(24-19)23-15-10-11-21-12-15/h4-12,15,18,30H,13-14,16H2,1-3H3,(H,26,27,28);1-9,13,15,21,25H,10-12H2,(H,22,23,24)/t18-;15-/m00/s1. The number of carbonyl (C=O) groups is 1. The lowest BCUT2D eigenvalue weighted by Crippen LogP contribution is -2.36. The predicted octanol–water partition coefficient (Wildman–Crippen LogP) is 8.23. The fourth-order valence-corrected chi connectivity index (χ4v) is 6.76. The van der Waals surface area contributed by atoms with Crippen LogP contribution in [0.2, 0.25) is 0 Å². The van der Waals surface area contributed by atoms with Gasteiger partial charge in [0.15, 0.2) is 11.6 Å². The number of hydrogen-bond acceptors (Lipinski definition) is 11. The van der Waals surface area contributed by atoms with Gasteiger partial charge in [0.2, 0.25) is 0 Å². The number of benzene rings is 4. The molecule has 2 aliphatic rings. The van der Waals surface area contributed by atoms with Gasteiger partial charge in [-0.3, -0.25) is 0 Å². The van der Waals surface area contributed by atoms with Gasteiger partial charge in [-0.2, -0.15) is 0 Å². The Morgan fingerprint density at radius 1 is 0.684 bits per heavy atom. The molecule has 0 saturated carbocycles. The van der Waals surface area contributed by atoms with Crippen molar-refractivity contribution in [2.45, 2.75) is 51.3 Å². The lowest BCUT2D eigenvalue weighted by molar-refractivity contribution is 0.0293. The molecule has 0 unspecified atom stereocenters. The number of ether oxygens (including phenoxy) is 1. The Balaban J connectivity index is 0.000000179. The molecule has 57 heavy (non-hydrogen) atoms. The third-order valence-corrected chi connectivity index (χ3v) is 9.62. The first-order valence-corrected chi connectivity index (χ1v) is 19.2. The summed E-state index contributed by atoms with van der Waals surface area (Å²) in [5.74, 6) is 2.73. The zero-order chi connectivity index (χ0) is 39.8. The second kappa shape index (κ2) is 17.5. The van der Waals surface area contributed by atoms with E-state index in [4.69, 9.17) is 14.7 Å². The number of nitrogens with zero attached hydrogens (tertiary/aromatic N) is 5. The average Bonchev–Trinajstić information content (AvgIpc) is 3.92. The van der Waals surface area contributed by atoms with Crippen LogP contribution in [-0.4, -0.2) is 85.0 Å². The Labute approximate surface area is 333 Å². The summed E-state index contributed by atoms with van der Waals surface area (Å²) in [4.78, 5) is 32.7. The number of amides is 1. The Morgan fingerprint density at radius 2 is 1.18 bits per heavy atom. The maximum atomic E-state index is 12.4. The lowest BCUT2D eigenvalue weighted by Gasteiger charge is -2.24. The molecule has 0 bridgehead atoms. The van der Waals surface area contributed by atoms with Crippen LogP contribution in [0, 0.1) is 0 Å². The maximum absolute atomic E-state index is 12.4. The number of nitrogens with one attached hydrogen (secondary N) is 3. The molecular weight excluding hydrogens is 717 g/mol. The highest BCUT2D eigenvalue weighted by Crippen LogP contribution is 2.34. The summed E-state index contributed by atoms with van der Waals surface area (Å²) in [5, 5.41) is 30.8. The van der Waals surface area contributed by atoms with Crippen molar-refractivity contribution in [2.75, 3.05) is 36.8 Å². The number of aromatic nitrogens is 4. The number of anilines is 2. The monoisotopic (exact) mass is 764 g/mol. The van der Waals surface area contributed by atoms with Gasteiger partial charge >= 0.3 is 6.09 Å². The molecule has 292 valence electrons. The highest BCUT2D eigenvalue weighted by Gasteiger charge is 2.30. The molecule has 2 fully saturated rings. The van der Waals surface area contributed by atoms with E-state index in [2.05, 4.69) is 38.1 Å². The summed E-state index contributed by atoms with van der Waals surface area (Å²) in [5.41, 5.74) is 4.56. The van der Waals surface area contributed by atoms with Crippen molar-refractivity contribution in [3.8, 4) is 56.5 Å². The Hall–Kier alpha value is -6.53. The van der Waals surface area contributed by atoms with E-state index in [0.29, 0.717) is 47.7 Å². The first-order valence-electron chi connectivity index (χ1n) is 19.2. The van der Waals surface area contributed by atoms with Crippen molar-refractivity contribution in [3.63, 3.8) is 0 Å². The molecule has 0 spiro atoms. The number of para-hydroxylation sites is 2. The second-order valence-electron chi connectivity index (χ2n) is 15.1. The highest BCUT2D eigenvalue weighted by atomic mass is 16.6. The average molecular weight is 765 g/mol. The van der Waals surface area contributed by atoms with Crippen LogP contribution in [0.3, 0.4) is 0 Å². The van der Waals surface area contributed by atoms with E-state index in [1.165, 1.54) is 0 Å². The van der Waals surface area contributed by atoms with Crippen molar-refractivity contribution in [2.24, 2.45) is 0 Å². The quantitative estimate of drug-likeness (QED) is 0.102. The van der Waals surface area contributed by atoms with Gasteiger partial charge in [0.25, 0.3) is 0 Å². The van der Waals surface area contributed by atoms with Crippen LogP contribution in [0.15, 0.2) is 122 Å². The molecular formula is C45H48N8O4. The second-order valence-corrected chi connectivity index (χ2v) is 15.1. The van der Waals surface area contributed by atoms with Crippen molar-refractivity contribution in [1.29, 1.82) is 0 Å². The van der Waals surface area contributed by atoms with Crippen LogP contribution in [0.1, 0.15) is 33.6 Å². The molecule has 2 atom stereocenters. The third-order valence-electron chi connectivity index (χ3n) is 9.62. The molecule has 2 aliphatic heterocycles. The first kappa shape index (κ1) is 38.7. The summed E-state index contributed by atoms with van der Waals surface area (Å²) in [7, 11) is 0. The van der Waals surface area contributed by atoms with E-state index < -0.39 is 5.60 Å². The predicted molar refractivity (Wildman–Crippen MR) is 224 cm³/mol. The Bertz CT molecular complexity index is 2280. The number of phenolic OH excluding ortho intramolecular Hbond substituents is 2. The van der Waals surface area contributed by atoms with Gasteiger partial charge < -0.3 is 35.8 Å². The van der Waals surface area contributed by atoms with E-state index in [-0.39, 0.29) is 23.6 Å². The minimum Gasteiger partial charge on any atom is -0.507 e. The van der Waals surface area contributed by atoms with Crippen LogP contribution < -0.4 is 16.0 Å². The van der Waals surface area contributed by atoms with E-state index >= 15 is 0 Å². The summed E-state index contributed by atoms with van der Waals surface area (Å²) in [6, 6.07) is 34.5. The van der Waals surface area contributed by atoms with Crippen molar-refractivity contribution in [1.82, 2.24) is 30.2 Å². The van der Waals surface area contributed by atoms with E-state index in [0.717, 1.165) is 54.0 Å². The number of rotatable bonds is 8. The van der Waals surface area contributed by atoms with Gasteiger partial charge in [0, 0.05) is 55.2 Å². The highest BCUT2D eigenvalue weighted by molar-refractivity contribution is 5.78. The van der Waals surface area contributed by atoms with Gasteiger partial charge in [-0.25, -0.2) is 24.7 Å². The fraction of sp³-hybridized carbons (Fsp3) is 0.267. The SMILES string of the molecule is CC(C)(C)OC(=O)N1CC[C@H](Nc2nc(-c3ccccc3O)ncc2-c2ccccc2)C1.Oc1ccccc1-c1ncc(-c2ccccc2)c(N[C@H]2CCNC2)n1. The molecule has 2 aromatic heterocycles. The molecule has 12 heteroatoms. The number of phenols is 2. The molecule has 2 saturated heterocycles. The van der Waals surface area contributed by atoms with Crippen LogP contribution in [0.5, 0.6) is 11.5 Å². The van der Waals surface area contributed by atoms with E-state index in [1.54, 1.807) is 41.4 Å². The van der Waals surface area contributed by atoms with Crippen molar-refractivity contribution in [3.05, 3.63) is 122 Å². The first-order chi connectivity index (χ1) is 27.6. The molecule has 1 amide bonds. The summed E-state index contributed by atoms with van der Waals surface area (Å²) < 4.78 is 5.51. The van der Waals surface area contributed by atoms with Crippen LogP contribution in [0.4, 0.5) is 16.4 Å². The molecule has 12 nitrogen and oxygen atoms in total. The Morgan fingerprint density at radius 3 is 1.65 bits per heavy atom. The number of likely N-dealkylation sites (tertiary alicyclic amines) is 1. The zero-order valence-electron chi connectivity index (χ0n) is 32.4. The molecule has 8 rings (SSSR count). The van der Waals surface area contributed by atoms with Gasteiger partial charge in [-0.1, -0.05) is 84.9 Å². The maximum Gasteiger partial charge on any atom is 0.410 e. The molecule has 6 aromatic rings. The van der Waals surface area contributed by atoms with Crippen LogP contribution in [-0.2, 0) is 4.74 Å². The Kier molecular flexibility index (Phi) is 11.9. The van der Waals surface area contributed by atoms with Gasteiger partial charge in [0.05, 0.1) is 11.1 Å². The van der Waals surface area contributed by atoms with Gasteiger partial charge in [-0.15, -0.1) is 0 Å². The molecule has 0 radical (unpaired) electrons. The minimum atomic E-state index is -0.525. The topological polar surface area (TPSA) is 158 Å². The fourth-order valence-electron chi connectivity index (χ4n) is 6.76. The van der Waals surface area contributed by atoms with E-state index in [1.807, 2.05) is 93.7 Å². The number of carbonyl (C=O) groups excluding carboxylic acids is 1. The number of aromatic hydroxyl groups is 2. The summed E-state index contributed by atoms with van der Waals surface area (Å²) >= 11 is 0. The smallest absolute Gasteiger partial charge is 0.410 e. The molecule has 0 aliphatic carbocycles. The van der Waals surface area contributed by atoms with E-state index in [9.17, 15) is 15.0 Å². The van der Waals surface area contributed by atoms with Crippen LogP contribution >= 0.6 is 0 Å². The van der Waals surface area contributed by atoms with Gasteiger partial charge in [-0.05, 0) is 75.5 Å². The minimum absolute atomic E-state index is 0.0251. The summed E-state index contributed by atoms with van der Waals surface area (Å²) in [6.45, 7) is 8.67. The number of hydrogen-bond donors (Lipinski definition) is 5. The van der Waals surface area contributed by atoms with Gasteiger partial charge in [0.1, 0.15) is 28.7 Å². The molecule has 5 N–H and O–H groups in total. The lowest BCUT2D eigenvalue weighted by atomic mass is 10.1. The largest absolute Gasteiger partial charge is 0.507 e. The van der Waals surface area contributed by atoms with Crippen LogP contribution in [0.25, 0.3) is 45.0 Å². The molecule has 4 heterocycles. The third kappa shape index (κ3) is 9.83. The summed E-state index contributed by atoms with van der Waals surface area (Å²) in [6.07, 6.45) is 5.14.